The number of benzene rings is 1. The summed E-state index contributed by atoms with van der Waals surface area (Å²) in [5, 5.41) is 0. The van der Waals surface area contributed by atoms with E-state index >= 15 is 0 Å². The van der Waals surface area contributed by atoms with Crippen LogP contribution in [0.1, 0.15) is 44.6 Å². The first kappa shape index (κ1) is 14.1. The molecule has 2 heteroatoms. The van der Waals surface area contributed by atoms with Crippen LogP contribution < -0.4 is 4.74 Å². The van der Waals surface area contributed by atoms with E-state index in [0.717, 1.165) is 24.2 Å². The molecule has 0 bridgehead atoms. The van der Waals surface area contributed by atoms with E-state index in [1.165, 1.54) is 19.3 Å². The molecule has 2 rings (SSSR count). The highest BCUT2D eigenvalue weighted by Crippen LogP contribution is 2.33. The highest BCUT2D eigenvalue weighted by molar-refractivity contribution is 5.83. The van der Waals surface area contributed by atoms with Crippen LogP contribution in [0.5, 0.6) is 5.75 Å². The Hall–Kier alpha value is -1.31. The summed E-state index contributed by atoms with van der Waals surface area (Å²) in [7, 11) is 1.66. The summed E-state index contributed by atoms with van der Waals surface area (Å²) in [6.07, 6.45) is 6.51. The molecule has 1 aliphatic carbocycles. The molecule has 1 aromatic rings. The summed E-state index contributed by atoms with van der Waals surface area (Å²) in [5.74, 6) is 2.14. The molecular formula is C17H24O2. The topological polar surface area (TPSA) is 26.3 Å². The molecule has 1 fully saturated rings. The van der Waals surface area contributed by atoms with Crippen LogP contribution in [-0.2, 0) is 11.2 Å². The Morgan fingerprint density at radius 1 is 1.32 bits per heavy atom. The average Bonchev–Trinajstić information content (AvgIpc) is 2.47. The number of carbonyl (C=O) groups is 1. The summed E-state index contributed by atoms with van der Waals surface area (Å²) < 4.78 is 5.21. The Bertz CT molecular complexity index is 425. The molecule has 0 saturated heterocycles. The molecular weight excluding hydrogens is 236 g/mol. The van der Waals surface area contributed by atoms with E-state index in [1.54, 1.807) is 7.11 Å². The van der Waals surface area contributed by atoms with E-state index in [4.69, 9.17) is 4.74 Å². The first-order chi connectivity index (χ1) is 9.24. The van der Waals surface area contributed by atoms with Crippen molar-refractivity contribution in [1.82, 2.24) is 0 Å². The SMILES string of the molecule is CCC1CCCCC1C(=O)Cc1cccc(OC)c1. The number of Topliss-reactive ketones (excluding diaryl/α,β-unsaturated/α-hetero) is 1. The Morgan fingerprint density at radius 2 is 2.11 bits per heavy atom. The van der Waals surface area contributed by atoms with Gasteiger partial charge in [-0.15, -0.1) is 0 Å². The molecule has 0 amide bonds. The summed E-state index contributed by atoms with van der Waals surface area (Å²) in [5.41, 5.74) is 1.07. The third kappa shape index (κ3) is 3.59. The van der Waals surface area contributed by atoms with Crippen molar-refractivity contribution in [2.45, 2.75) is 45.4 Å². The lowest BCUT2D eigenvalue weighted by Crippen LogP contribution is -2.28. The maximum Gasteiger partial charge on any atom is 0.140 e. The van der Waals surface area contributed by atoms with E-state index in [2.05, 4.69) is 6.92 Å². The van der Waals surface area contributed by atoms with Gasteiger partial charge >= 0.3 is 0 Å². The van der Waals surface area contributed by atoms with Crippen LogP contribution in [0.25, 0.3) is 0 Å². The van der Waals surface area contributed by atoms with Crippen LogP contribution >= 0.6 is 0 Å². The quantitative estimate of drug-likeness (QED) is 0.799. The average molecular weight is 260 g/mol. The second-order valence-electron chi connectivity index (χ2n) is 5.55. The van der Waals surface area contributed by atoms with Crippen molar-refractivity contribution in [3.63, 3.8) is 0 Å². The molecule has 2 unspecified atom stereocenters. The number of ketones is 1. The molecule has 19 heavy (non-hydrogen) atoms. The van der Waals surface area contributed by atoms with Gasteiger partial charge in [-0.05, 0) is 36.5 Å². The van der Waals surface area contributed by atoms with Gasteiger partial charge in [0, 0.05) is 12.3 Å². The lowest BCUT2D eigenvalue weighted by atomic mass is 9.74. The molecule has 0 N–H and O–H groups in total. The van der Waals surface area contributed by atoms with Crippen LogP contribution in [0.3, 0.4) is 0 Å². The molecule has 1 aliphatic rings. The predicted molar refractivity (Wildman–Crippen MR) is 77.4 cm³/mol. The first-order valence-corrected chi connectivity index (χ1v) is 7.40. The number of methoxy groups -OCH3 is 1. The van der Waals surface area contributed by atoms with Crippen molar-refractivity contribution >= 4 is 5.78 Å². The van der Waals surface area contributed by atoms with Crippen LogP contribution in [0.2, 0.25) is 0 Å². The van der Waals surface area contributed by atoms with Crippen LogP contribution in [-0.4, -0.2) is 12.9 Å². The van der Waals surface area contributed by atoms with Gasteiger partial charge < -0.3 is 4.74 Å². The minimum atomic E-state index is 0.282. The van der Waals surface area contributed by atoms with Gasteiger partial charge in [0.2, 0.25) is 0 Å². The van der Waals surface area contributed by atoms with Gasteiger partial charge in [0.05, 0.1) is 7.11 Å². The molecule has 2 nitrogen and oxygen atoms in total. The molecule has 1 aromatic carbocycles. The summed E-state index contributed by atoms with van der Waals surface area (Å²) in [6, 6.07) is 7.87. The Labute approximate surface area is 116 Å². The van der Waals surface area contributed by atoms with Crippen molar-refractivity contribution in [3.05, 3.63) is 29.8 Å². The summed E-state index contributed by atoms with van der Waals surface area (Å²) >= 11 is 0. The van der Waals surface area contributed by atoms with Gasteiger partial charge in [0.15, 0.2) is 0 Å². The maximum atomic E-state index is 12.5. The van der Waals surface area contributed by atoms with Crippen molar-refractivity contribution in [2.24, 2.45) is 11.8 Å². The van der Waals surface area contributed by atoms with Gasteiger partial charge in [-0.1, -0.05) is 38.3 Å². The highest BCUT2D eigenvalue weighted by Gasteiger charge is 2.29. The fourth-order valence-electron chi connectivity index (χ4n) is 3.23. The molecule has 0 aliphatic heterocycles. The monoisotopic (exact) mass is 260 g/mol. The van der Waals surface area contributed by atoms with E-state index < -0.39 is 0 Å². The minimum Gasteiger partial charge on any atom is -0.497 e. The second-order valence-corrected chi connectivity index (χ2v) is 5.55. The van der Waals surface area contributed by atoms with E-state index in [0.29, 0.717) is 18.1 Å². The zero-order chi connectivity index (χ0) is 13.7. The standard InChI is InChI=1S/C17H24O2/c1-3-14-8-4-5-10-16(14)17(18)12-13-7-6-9-15(11-13)19-2/h6-7,9,11,14,16H,3-5,8,10,12H2,1-2H3. The zero-order valence-electron chi connectivity index (χ0n) is 12.0. The van der Waals surface area contributed by atoms with Crippen molar-refractivity contribution in [2.75, 3.05) is 7.11 Å². The first-order valence-electron chi connectivity index (χ1n) is 7.40. The van der Waals surface area contributed by atoms with Gasteiger partial charge in [-0.3, -0.25) is 4.79 Å². The second kappa shape index (κ2) is 6.74. The zero-order valence-corrected chi connectivity index (χ0v) is 12.0. The summed E-state index contributed by atoms with van der Waals surface area (Å²) in [4.78, 5) is 12.5. The van der Waals surface area contributed by atoms with E-state index in [-0.39, 0.29) is 5.92 Å². The van der Waals surface area contributed by atoms with Gasteiger partial charge in [-0.2, -0.15) is 0 Å². The minimum absolute atomic E-state index is 0.282. The Kier molecular flexibility index (Phi) is 5.00. The predicted octanol–water partition coefficient (Wildman–Crippen LogP) is 4.02. The van der Waals surface area contributed by atoms with Crippen molar-refractivity contribution < 1.29 is 9.53 Å². The van der Waals surface area contributed by atoms with E-state index in [1.807, 2.05) is 24.3 Å². The smallest absolute Gasteiger partial charge is 0.140 e. The molecule has 2 atom stereocenters. The number of hydrogen-bond acceptors (Lipinski definition) is 2. The molecule has 1 saturated carbocycles. The maximum absolute atomic E-state index is 12.5. The fraction of sp³-hybridized carbons (Fsp3) is 0.588. The fourth-order valence-corrected chi connectivity index (χ4v) is 3.23. The van der Waals surface area contributed by atoms with Crippen LogP contribution in [0, 0.1) is 11.8 Å². The lowest BCUT2D eigenvalue weighted by Gasteiger charge is -2.29. The van der Waals surface area contributed by atoms with Gasteiger partial charge in [-0.25, -0.2) is 0 Å². The molecule has 0 heterocycles. The Balaban J connectivity index is 2.02. The van der Waals surface area contributed by atoms with Crippen molar-refractivity contribution in [1.29, 1.82) is 0 Å². The number of ether oxygens (including phenoxy) is 1. The molecule has 0 aromatic heterocycles. The van der Waals surface area contributed by atoms with Crippen LogP contribution in [0.15, 0.2) is 24.3 Å². The Morgan fingerprint density at radius 3 is 2.84 bits per heavy atom. The highest BCUT2D eigenvalue weighted by atomic mass is 16.5. The number of hydrogen-bond donors (Lipinski definition) is 0. The van der Waals surface area contributed by atoms with Crippen LogP contribution in [0.4, 0.5) is 0 Å². The molecule has 0 radical (unpaired) electrons. The largest absolute Gasteiger partial charge is 0.497 e. The van der Waals surface area contributed by atoms with Crippen molar-refractivity contribution in [3.8, 4) is 5.75 Å². The van der Waals surface area contributed by atoms with E-state index in [9.17, 15) is 4.79 Å². The van der Waals surface area contributed by atoms with Gasteiger partial charge in [0.25, 0.3) is 0 Å². The third-order valence-corrected chi connectivity index (χ3v) is 4.36. The lowest BCUT2D eigenvalue weighted by molar-refractivity contribution is -0.125. The molecule has 104 valence electrons. The third-order valence-electron chi connectivity index (χ3n) is 4.36. The number of carbonyl (C=O) groups excluding carboxylic acids is 1. The summed E-state index contributed by atoms with van der Waals surface area (Å²) in [6.45, 7) is 2.21. The number of rotatable bonds is 5. The van der Waals surface area contributed by atoms with Gasteiger partial charge in [0.1, 0.15) is 11.5 Å². The normalized spacial score (nSPS) is 23.1. The molecule has 0 spiro atoms.